The molecule has 5 heteroatoms. The molecule has 2 aromatic rings. The molecule has 1 aromatic heterocycles. The van der Waals surface area contributed by atoms with Gasteiger partial charge in [-0.2, -0.15) is 5.10 Å². The molecule has 5 nitrogen and oxygen atoms in total. The van der Waals surface area contributed by atoms with E-state index in [0.717, 1.165) is 11.3 Å². The number of nitrogens with zero attached hydrogens (tertiary/aromatic N) is 2. The number of nitrogens with two attached hydrogens (primary N) is 1. The second-order valence-electron chi connectivity index (χ2n) is 4.63. The molecule has 1 aromatic carbocycles. The van der Waals surface area contributed by atoms with E-state index in [0.29, 0.717) is 11.3 Å². The fourth-order valence-corrected chi connectivity index (χ4v) is 1.78. The first-order valence-electron chi connectivity index (χ1n) is 6.10. The molecule has 0 spiro atoms. The third-order valence-corrected chi connectivity index (χ3v) is 2.70. The Morgan fingerprint density at radius 1 is 1.42 bits per heavy atom. The van der Waals surface area contributed by atoms with Crippen molar-refractivity contribution in [2.75, 3.05) is 5.73 Å². The first-order chi connectivity index (χ1) is 8.99. The number of carbonyl (C=O) groups is 1. The Labute approximate surface area is 112 Å². The fourth-order valence-electron chi connectivity index (χ4n) is 1.78. The van der Waals surface area contributed by atoms with E-state index in [1.54, 1.807) is 30.8 Å². The molecular formula is C14H17N3O2. The Hall–Kier alpha value is -2.30. The van der Waals surface area contributed by atoms with E-state index in [4.69, 9.17) is 10.5 Å². The van der Waals surface area contributed by atoms with Crippen molar-refractivity contribution in [2.24, 2.45) is 0 Å². The van der Waals surface area contributed by atoms with Crippen LogP contribution in [0.5, 0.6) is 0 Å². The minimum atomic E-state index is -0.412. The second-order valence-corrected chi connectivity index (χ2v) is 4.63. The number of rotatable bonds is 3. The van der Waals surface area contributed by atoms with Crippen LogP contribution in [-0.4, -0.2) is 21.9 Å². The Morgan fingerprint density at radius 2 is 2.16 bits per heavy atom. The highest BCUT2D eigenvalue weighted by Gasteiger charge is 2.16. The van der Waals surface area contributed by atoms with Crippen LogP contribution in [0.25, 0.3) is 5.69 Å². The predicted molar refractivity (Wildman–Crippen MR) is 73.3 cm³/mol. The lowest BCUT2D eigenvalue weighted by Gasteiger charge is -2.13. The molecule has 19 heavy (non-hydrogen) atoms. The van der Waals surface area contributed by atoms with E-state index in [1.807, 2.05) is 25.3 Å². The standard InChI is InChI=1S/C14H17N3O2/c1-9(2)19-14(18)12-8-11(7-10(3)13(12)15)17-6-4-5-16-17/h4-9H,15H2,1-3H3. The molecule has 1 heterocycles. The van der Waals surface area contributed by atoms with Gasteiger partial charge in [-0.15, -0.1) is 0 Å². The van der Waals surface area contributed by atoms with Gasteiger partial charge in [0.1, 0.15) is 0 Å². The summed E-state index contributed by atoms with van der Waals surface area (Å²) in [4.78, 5) is 12.0. The van der Waals surface area contributed by atoms with Crippen LogP contribution in [0.15, 0.2) is 30.6 Å². The smallest absolute Gasteiger partial charge is 0.340 e. The zero-order valence-corrected chi connectivity index (χ0v) is 11.3. The molecule has 0 atom stereocenters. The summed E-state index contributed by atoms with van der Waals surface area (Å²) in [5.74, 6) is -0.412. The highest BCUT2D eigenvalue weighted by atomic mass is 16.5. The maximum absolute atomic E-state index is 12.0. The molecule has 0 fully saturated rings. The normalized spacial score (nSPS) is 10.7. The number of hydrogen-bond donors (Lipinski definition) is 1. The van der Waals surface area contributed by atoms with Crippen molar-refractivity contribution in [2.45, 2.75) is 26.9 Å². The predicted octanol–water partition coefficient (Wildman–Crippen LogP) is 2.33. The number of esters is 1. The van der Waals surface area contributed by atoms with Crippen molar-refractivity contribution < 1.29 is 9.53 Å². The average Bonchev–Trinajstić information content (AvgIpc) is 2.85. The first kappa shape index (κ1) is 13.1. The van der Waals surface area contributed by atoms with Gasteiger partial charge in [0.25, 0.3) is 0 Å². The lowest BCUT2D eigenvalue weighted by atomic mass is 10.1. The van der Waals surface area contributed by atoms with Crippen LogP contribution in [0.1, 0.15) is 29.8 Å². The van der Waals surface area contributed by atoms with Gasteiger partial charge in [-0.3, -0.25) is 0 Å². The number of aryl methyl sites for hydroxylation is 1. The maximum atomic E-state index is 12.0. The Morgan fingerprint density at radius 3 is 2.74 bits per heavy atom. The molecule has 100 valence electrons. The molecular weight excluding hydrogens is 242 g/mol. The molecule has 0 amide bonds. The van der Waals surface area contributed by atoms with Crippen molar-refractivity contribution >= 4 is 11.7 Å². The molecule has 0 aliphatic carbocycles. The van der Waals surface area contributed by atoms with Gasteiger partial charge in [-0.1, -0.05) is 0 Å². The maximum Gasteiger partial charge on any atom is 0.340 e. The molecule has 0 saturated heterocycles. The van der Waals surface area contributed by atoms with Crippen molar-refractivity contribution in [3.8, 4) is 5.69 Å². The Balaban J connectivity index is 2.46. The quantitative estimate of drug-likeness (QED) is 0.678. The summed E-state index contributed by atoms with van der Waals surface area (Å²) >= 11 is 0. The zero-order valence-electron chi connectivity index (χ0n) is 11.3. The third kappa shape index (κ3) is 2.76. The largest absolute Gasteiger partial charge is 0.459 e. The fraction of sp³-hybridized carbons (Fsp3) is 0.286. The van der Waals surface area contributed by atoms with Crippen molar-refractivity contribution in [3.63, 3.8) is 0 Å². The van der Waals surface area contributed by atoms with Crippen LogP contribution in [-0.2, 0) is 4.74 Å². The summed E-state index contributed by atoms with van der Waals surface area (Å²) < 4.78 is 6.88. The van der Waals surface area contributed by atoms with Gasteiger partial charge < -0.3 is 10.5 Å². The molecule has 2 rings (SSSR count). The minimum absolute atomic E-state index is 0.180. The van der Waals surface area contributed by atoms with E-state index in [9.17, 15) is 4.79 Å². The van der Waals surface area contributed by atoms with E-state index >= 15 is 0 Å². The van der Waals surface area contributed by atoms with Crippen LogP contribution in [0.4, 0.5) is 5.69 Å². The second kappa shape index (κ2) is 5.14. The summed E-state index contributed by atoms with van der Waals surface area (Å²) in [6, 6.07) is 5.40. The highest BCUT2D eigenvalue weighted by molar-refractivity contribution is 5.96. The van der Waals surface area contributed by atoms with Gasteiger partial charge in [-0.05, 0) is 44.5 Å². The number of aromatic nitrogens is 2. The summed E-state index contributed by atoms with van der Waals surface area (Å²) in [6.07, 6.45) is 3.31. The van der Waals surface area contributed by atoms with Gasteiger partial charge >= 0.3 is 5.97 Å². The van der Waals surface area contributed by atoms with Crippen molar-refractivity contribution in [1.29, 1.82) is 0 Å². The summed E-state index contributed by atoms with van der Waals surface area (Å²) in [5, 5.41) is 4.14. The first-order valence-corrected chi connectivity index (χ1v) is 6.10. The molecule has 2 N–H and O–H groups in total. The van der Waals surface area contributed by atoms with Crippen LogP contribution < -0.4 is 5.73 Å². The zero-order chi connectivity index (χ0) is 14.0. The van der Waals surface area contributed by atoms with E-state index in [1.165, 1.54) is 0 Å². The minimum Gasteiger partial charge on any atom is -0.459 e. The molecule has 0 unspecified atom stereocenters. The van der Waals surface area contributed by atoms with Crippen LogP contribution >= 0.6 is 0 Å². The molecule has 0 bridgehead atoms. The van der Waals surface area contributed by atoms with Gasteiger partial charge in [-0.25, -0.2) is 9.48 Å². The summed E-state index contributed by atoms with van der Waals surface area (Å²) in [7, 11) is 0. The van der Waals surface area contributed by atoms with Crippen LogP contribution in [0.3, 0.4) is 0 Å². The monoisotopic (exact) mass is 259 g/mol. The van der Waals surface area contributed by atoms with E-state index in [-0.39, 0.29) is 6.10 Å². The van der Waals surface area contributed by atoms with Gasteiger partial charge in [0.15, 0.2) is 0 Å². The third-order valence-electron chi connectivity index (χ3n) is 2.70. The van der Waals surface area contributed by atoms with Gasteiger partial charge in [0, 0.05) is 18.1 Å². The molecule has 0 aliphatic rings. The van der Waals surface area contributed by atoms with Gasteiger partial charge in [0.2, 0.25) is 0 Å². The Kier molecular flexibility index (Phi) is 3.55. The van der Waals surface area contributed by atoms with Crippen LogP contribution in [0.2, 0.25) is 0 Å². The van der Waals surface area contributed by atoms with E-state index in [2.05, 4.69) is 5.10 Å². The molecule has 0 saturated carbocycles. The number of hydrogen-bond acceptors (Lipinski definition) is 4. The van der Waals surface area contributed by atoms with Crippen molar-refractivity contribution in [1.82, 2.24) is 9.78 Å². The highest BCUT2D eigenvalue weighted by Crippen LogP contribution is 2.23. The van der Waals surface area contributed by atoms with Crippen molar-refractivity contribution in [3.05, 3.63) is 41.7 Å². The van der Waals surface area contributed by atoms with Gasteiger partial charge in [0.05, 0.1) is 17.4 Å². The summed E-state index contributed by atoms with van der Waals surface area (Å²) in [5.41, 5.74) is 8.38. The number of benzene rings is 1. The average molecular weight is 259 g/mol. The molecule has 0 aliphatic heterocycles. The number of carbonyl (C=O) groups excluding carboxylic acids is 1. The molecule has 0 radical (unpaired) electrons. The SMILES string of the molecule is Cc1cc(-n2cccn2)cc(C(=O)OC(C)C)c1N. The van der Waals surface area contributed by atoms with Crippen LogP contribution in [0, 0.1) is 6.92 Å². The topological polar surface area (TPSA) is 70.1 Å². The summed E-state index contributed by atoms with van der Waals surface area (Å²) in [6.45, 7) is 5.46. The van der Waals surface area contributed by atoms with E-state index < -0.39 is 5.97 Å². The number of anilines is 1. The number of nitrogen functional groups attached to an aromatic ring is 1. The lowest BCUT2D eigenvalue weighted by molar-refractivity contribution is 0.0379. The lowest BCUT2D eigenvalue weighted by Crippen LogP contribution is -2.15. The number of ether oxygens (including phenoxy) is 1. The Bertz CT molecular complexity index is 589.